The molecule has 6 heteroatoms. The van der Waals surface area contributed by atoms with Crippen molar-refractivity contribution < 1.29 is 14.7 Å². The van der Waals surface area contributed by atoms with Gasteiger partial charge in [0, 0.05) is 11.8 Å². The van der Waals surface area contributed by atoms with Crippen LogP contribution >= 0.6 is 11.3 Å². The third kappa shape index (κ3) is 5.39. The predicted octanol–water partition coefficient (Wildman–Crippen LogP) is 7.19. The van der Waals surface area contributed by atoms with E-state index in [0.29, 0.717) is 12.1 Å². The topological polar surface area (TPSA) is 79.3 Å². The second-order valence-electron chi connectivity index (χ2n) is 9.50. The van der Waals surface area contributed by atoms with Crippen molar-refractivity contribution in [2.75, 3.05) is 5.32 Å². The summed E-state index contributed by atoms with van der Waals surface area (Å²) in [6.45, 7) is 0. The summed E-state index contributed by atoms with van der Waals surface area (Å²) in [5.74, 6) is -0.956. The van der Waals surface area contributed by atoms with Gasteiger partial charge in [-0.2, -0.15) is 0 Å². The molecule has 0 aliphatic heterocycles. The molecule has 1 aromatic heterocycles. The molecule has 1 aliphatic rings. The van der Waals surface area contributed by atoms with E-state index in [4.69, 9.17) is 5.11 Å². The van der Waals surface area contributed by atoms with Gasteiger partial charge in [-0.05, 0) is 71.9 Å². The lowest BCUT2D eigenvalue weighted by Crippen LogP contribution is -2.40. The van der Waals surface area contributed by atoms with Gasteiger partial charge < -0.3 is 10.4 Å². The van der Waals surface area contributed by atoms with E-state index in [2.05, 4.69) is 52.8 Å². The summed E-state index contributed by atoms with van der Waals surface area (Å²) in [4.78, 5) is 28.8. The van der Waals surface area contributed by atoms with Crippen molar-refractivity contribution >= 4 is 45.2 Å². The normalized spacial score (nSPS) is 15.2. The number of nitrogens with zero attached hydrogens (tertiary/aromatic N) is 1. The maximum atomic E-state index is 13.6. The first-order valence-corrected chi connectivity index (χ1v) is 13.1. The fourth-order valence-corrected chi connectivity index (χ4v) is 5.82. The van der Waals surface area contributed by atoms with Crippen molar-refractivity contribution in [3.8, 4) is 11.1 Å². The molecular formula is C30H28N2O3S. The molecule has 0 unspecified atom stereocenters. The first-order valence-electron chi connectivity index (χ1n) is 12.3. The Morgan fingerprint density at radius 1 is 0.972 bits per heavy atom. The van der Waals surface area contributed by atoms with Gasteiger partial charge in [-0.25, -0.2) is 9.78 Å². The van der Waals surface area contributed by atoms with Crippen molar-refractivity contribution in [2.24, 2.45) is 5.41 Å². The number of carboxylic acids is 1. The van der Waals surface area contributed by atoms with Crippen molar-refractivity contribution in [3.05, 3.63) is 89.4 Å². The SMILES string of the molecule is O=C(O)/C=C/c1cccc(NC(=O)C2(Cc3ccc(-c4ccc5ncsc5c4)cc3)CCCCC2)c1. The molecule has 3 aromatic carbocycles. The zero-order chi connectivity index (χ0) is 25.0. The minimum absolute atomic E-state index is 0.0429. The van der Waals surface area contributed by atoms with Crippen LogP contribution in [0.1, 0.15) is 43.2 Å². The Morgan fingerprint density at radius 3 is 2.53 bits per heavy atom. The Kier molecular flexibility index (Phi) is 6.96. The van der Waals surface area contributed by atoms with Crippen LogP contribution in [0.2, 0.25) is 0 Å². The van der Waals surface area contributed by atoms with E-state index in [1.165, 1.54) is 16.3 Å². The highest BCUT2D eigenvalue weighted by molar-refractivity contribution is 7.16. The average molecular weight is 497 g/mol. The summed E-state index contributed by atoms with van der Waals surface area (Å²) >= 11 is 1.65. The number of carbonyl (C=O) groups is 2. The van der Waals surface area contributed by atoms with Crippen LogP contribution in [0, 0.1) is 5.41 Å². The Morgan fingerprint density at radius 2 is 1.75 bits per heavy atom. The third-order valence-electron chi connectivity index (χ3n) is 7.02. The van der Waals surface area contributed by atoms with E-state index in [1.807, 2.05) is 29.8 Å². The van der Waals surface area contributed by atoms with Gasteiger partial charge >= 0.3 is 5.97 Å². The van der Waals surface area contributed by atoms with Crippen LogP contribution < -0.4 is 5.32 Å². The molecule has 0 radical (unpaired) electrons. The zero-order valence-corrected chi connectivity index (χ0v) is 20.8. The van der Waals surface area contributed by atoms with E-state index >= 15 is 0 Å². The smallest absolute Gasteiger partial charge is 0.328 e. The summed E-state index contributed by atoms with van der Waals surface area (Å²) < 4.78 is 1.18. The van der Waals surface area contributed by atoms with E-state index in [1.54, 1.807) is 11.3 Å². The lowest BCUT2D eigenvalue weighted by molar-refractivity contribution is -0.131. The number of fused-ring (bicyclic) bond motifs is 1. The minimum atomic E-state index is -0.999. The molecule has 5 nitrogen and oxygen atoms in total. The lowest BCUT2D eigenvalue weighted by atomic mass is 9.69. The number of benzene rings is 3. The molecule has 4 aromatic rings. The van der Waals surface area contributed by atoms with Gasteiger partial charge in [-0.1, -0.05) is 61.7 Å². The molecule has 36 heavy (non-hydrogen) atoms. The molecule has 0 atom stereocenters. The Hall–Kier alpha value is -3.77. The molecule has 1 heterocycles. The summed E-state index contributed by atoms with van der Waals surface area (Å²) in [6.07, 6.45) is 8.30. The highest BCUT2D eigenvalue weighted by atomic mass is 32.1. The number of carboxylic acid groups (broad SMARTS) is 1. The number of amides is 1. The Bertz CT molecular complexity index is 1420. The number of thiazole rings is 1. The Balaban J connectivity index is 1.34. The van der Waals surface area contributed by atoms with Gasteiger partial charge in [0.15, 0.2) is 0 Å². The van der Waals surface area contributed by atoms with E-state index < -0.39 is 11.4 Å². The monoisotopic (exact) mass is 496 g/mol. The maximum Gasteiger partial charge on any atom is 0.328 e. The van der Waals surface area contributed by atoms with Gasteiger partial charge in [0.1, 0.15) is 0 Å². The molecule has 1 fully saturated rings. The molecule has 0 saturated heterocycles. The zero-order valence-electron chi connectivity index (χ0n) is 19.9. The summed E-state index contributed by atoms with van der Waals surface area (Å²) in [6, 6.07) is 22.2. The fourth-order valence-electron chi connectivity index (χ4n) is 5.10. The van der Waals surface area contributed by atoms with Crippen LogP contribution in [0.15, 0.2) is 78.3 Å². The first kappa shape index (κ1) is 23.9. The summed E-state index contributed by atoms with van der Waals surface area (Å²) in [7, 11) is 0. The number of nitrogens with one attached hydrogen (secondary N) is 1. The number of rotatable bonds is 7. The standard InChI is InChI=1S/C30H28N2O3S/c33-28(34)14-9-21-5-4-6-25(17-21)32-29(35)30(15-2-1-3-16-30)19-22-7-10-23(11-8-22)24-12-13-26-27(18-24)36-20-31-26/h4-14,17-18,20H,1-3,15-16,19H2,(H,32,35)(H,33,34)/b14-9+. The molecule has 182 valence electrons. The number of hydrogen-bond acceptors (Lipinski definition) is 4. The highest BCUT2D eigenvalue weighted by Gasteiger charge is 2.39. The predicted molar refractivity (Wildman–Crippen MR) is 146 cm³/mol. The van der Waals surface area contributed by atoms with Gasteiger partial charge in [-0.3, -0.25) is 4.79 Å². The highest BCUT2D eigenvalue weighted by Crippen LogP contribution is 2.41. The number of hydrogen-bond donors (Lipinski definition) is 2. The number of anilines is 1. The molecule has 5 rings (SSSR count). The van der Waals surface area contributed by atoms with Gasteiger partial charge in [0.25, 0.3) is 0 Å². The molecule has 1 aliphatic carbocycles. The van der Waals surface area contributed by atoms with Crippen molar-refractivity contribution in [3.63, 3.8) is 0 Å². The van der Waals surface area contributed by atoms with Crippen LogP contribution in [-0.2, 0) is 16.0 Å². The summed E-state index contributed by atoms with van der Waals surface area (Å²) in [5, 5.41) is 12.0. The van der Waals surface area contributed by atoms with Gasteiger partial charge in [0.05, 0.1) is 21.1 Å². The fraction of sp³-hybridized carbons (Fsp3) is 0.233. The maximum absolute atomic E-state index is 13.6. The lowest BCUT2D eigenvalue weighted by Gasteiger charge is -2.36. The molecule has 0 bridgehead atoms. The number of carbonyl (C=O) groups excluding carboxylic acids is 1. The Labute approximate surface area is 214 Å². The quantitative estimate of drug-likeness (QED) is 0.265. The molecule has 1 amide bonds. The summed E-state index contributed by atoms with van der Waals surface area (Å²) in [5.41, 5.74) is 7.35. The van der Waals surface area contributed by atoms with Crippen LogP contribution in [0.5, 0.6) is 0 Å². The van der Waals surface area contributed by atoms with E-state index in [9.17, 15) is 9.59 Å². The molecule has 2 N–H and O–H groups in total. The first-order chi connectivity index (χ1) is 17.5. The minimum Gasteiger partial charge on any atom is -0.478 e. The van der Waals surface area contributed by atoms with Crippen LogP contribution in [0.3, 0.4) is 0 Å². The molecule has 1 saturated carbocycles. The number of aliphatic carboxylic acids is 1. The third-order valence-corrected chi connectivity index (χ3v) is 7.81. The largest absolute Gasteiger partial charge is 0.478 e. The second kappa shape index (κ2) is 10.5. The van der Waals surface area contributed by atoms with E-state index in [0.717, 1.165) is 60.4 Å². The van der Waals surface area contributed by atoms with Gasteiger partial charge in [0.2, 0.25) is 5.91 Å². The van der Waals surface area contributed by atoms with Crippen LogP contribution in [0.25, 0.3) is 27.4 Å². The average Bonchev–Trinajstić information content (AvgIpc) is 3.37. The van der Waals surface area contributed by atoms with E-state index in [-0.39, 0.29) is 5.91 Å². The molecular weight excluding hydrogens is 468 g/mol. The van der Waals surface area contributed by atoms with Gasteiger partial charge in [-0.15, -0.1) is 11.3 Å². The molecule has 0 spiro atoms. The second-order valence-corrected chi connectivity index (χ2v) is 10.4. The number of aromatic nitrogens is 1. The van der Waals surface area contributed by atoms with Crippen molar-refractivity contribution in [1.82, 2.24) is 4.98 Å². The van der Waals surface area contributed by atoms with Crippen LogP contribution in [0.4, 0.5) is 5.69 Å². The van der Waals surface area contributed by atoms with Crippen LogP contribution in [-0.4, -0.2) is 22.0 Å². The van der Waals surface area contributed by atoms with Crippen molar-refractivity contribution in [1.29, 1.82) is 0 Å². The van der Waals surface area contributed by atoms with Crippen molar-refractivity contribution in [2.45, 2.75) is 38.5 Å².